The Morgan fingerprint density at radius 2 is 2.04 bits per heavy atom. The topological polar surface area (TPSA) is 54.5 Å². The van der Waals surface area contributed by atoms with Crippen molar-refractivity contribution in [3.63, 3.8) is 0 Å². The Labute approximate surface area is 149 Å². The first-order chi connectivity index (χ1) is 11.8. The second-order valence-electron chi connectivity index (χ2n) is 4.89. The molecule has 120 valence electrons. The Bertz CT molecular complexity index is 946. The van der Waals surface area contributed by atoms with E-state index in [1.165, 1.54) is 17.8 Å². The Kier molecular flexibility index (Phi) is 4.42. The summed E-state index contributed by atoms with van der Waals surface area (Å²) in [4.78, 5) is 8.97. The quantitative estimate of drug-likeness (QED) is 0.495. The van der Waals surface area contributed by atoms with E-state index < -0.39 is 0 Å². The summed E-state index contributed by atoms with van der Waals surface area (Å²) < 4.78 is 13.8. The van der Waals surface area contributed by atoms with Crippen LogP contribution in [0.5, 0.6) is 0 Å². The van der Waals surface area contributed by atoms with Gasteiger partial charge in [0.25, 0.3) is 0 Å². The molecule has 0 saturated carbocycles. The minimum atomic E-state index is -0.315. The highest BCUT2D eigenvalue weighted by Gasteiger charge is 2.11. The van der Waals surface area contributed by atoms with E-state index >= 15 is 0 Å². The van der Waals surface area contributed by atoms with Crippen LogP contribution < -0.4 is 0 Å². The molecule has 4 rings (SSSR count). The number of hydrogen-bond donors (Lipinski definition) is 1. The van der Waals surface area contributed by atoms with Crippen LogP contribution in [0, 0.1) is 5.82 Å². The standard InChI is InChI=1S/C16H11FN4S3/c17-13-4-2-1-3-12(13)14-19-16(21-20-14)24-9-11-8-23-15(18-11)10-5-6-22-7-10/h1-8H,9H2,(H,19,20,21). The summed E-state index contributed by atoms with van der Waals surface area (Å²) in [5.41, 5.74) is 2.56. The third-order valence-corrected chi connectivity index (χ3v) is 5.77. The fraction of sp³-hybridized carbons (Fsp3) is 0.0625. The summed E-state index contributed by atoms with van der Waals surface area (Å²) in [5.74, 6) is 0.799. The first-order valence-corrected chi connectivity index (χ1v) is 9.87. The van der Waals surface area contributed by atoms with Crippen molar-refractivity contribution >= 4 is 34.4 Å². The SMILES string of the molecule is Fc1ccccc1-c1nc(SCc2csc(-c3ccsc3)n2)n[nH]1. The van der Waals surface area contributed by atoms with Crippen molar-refractivity contribution in [2.24, 2.45) is 0 Å². The molecule has 0 saturated heterocycles. The number of halogens is 1. The maximum absolute atomic E-state index is 13.8. The molecule has 4 aromatic rings. The highest BCUT2D eigenvalue weighted by molar-refractivity contribution is 7.98. The van der Waals surface area contributed by atoms with E-state index in [2.05, 4.69) is 31.6 Å². The van der Waals surface area contributed by atoms with Gasteiger partial charge >= 0.3 is 0 Å². The van der Waals surface area contributed by atoms with E-state index in [9.17, 15) is 4.39 Å². The van der Waals surface area contributed by atoms with Gasteiger partial charge < -0.3 is 0 Å². The molecular weight excluding hydrogens is 363 g/mol. The lowest BCUT2D eigenvalue weighted by Crippen LogP contribution is -1.85. The smallest absolute Gasteiger partial charge is 0.209 e. The van der Waals surface area contributed by atoms with Gasteiger partial charge in [-0.3, -0.25) is 5.10 Å². The molecule has 0 spiro atoms. The molecule has 0 atom stereocenters. The summed E-state index contributed by atoms with van der Waals surface area (Å²) in [5, 5.41) is 14.7. The number of nitrogens with one attached hydrogen (secondary N) is 1. The van der Waals surface area contributed by atoms with Gasteiger partial charge in [-0.15, -0.1) is 16.4 Å². The first kappa shape index (κ1) is 15.5. The van der Waals surface area contributed by atoms with Crippen molar-refractivity contribution in [2.45, 2.75) is 10.9 Å². The monoisotopic (exact) mass is 374 g/mol. The minimum absolute atomic E-state index is 0.315. The second kappa shape index (κ2) is 6.84. The van der Waals surface area contributed by atoms with Crippen molar-refractivity contribution in [3.05, 3.63) is 58.0 Å². The number of thiophene rings is 1. The highest BCUT2D eigenvalue weighted by Crippen LogP contribution is 2.29. The van der Waals surface area contributed by atoms with Gasteiger partial charge in [-0.1, -0.05) is 23.9 Å². The van der Waals surface area contributed by atoms with Gasteiger partial charge in [0.2, 0.25) is 5.16 Å². The predicted octanol–water partition coefficient (Wildman–Crippen LogP) is 5.09. The van der Waals surface area contributed by atoms with Gasteiger partial charge in [-0.05, 0) is 23.6 Å². The molecule has 0 fully saturated rings. The Morgan fingerprint density at radius 3 is 2.88 bits per heavy atom. The van der Waals surface area contributed by atoms with Crippen LogP contribution in [0.3, 0.4) is 0 Å². The lowest BCUT2D eigenvalue weighted by atomic mass is 10.2. The minimum Gasteiger partial charge on any atom is -0.258 e. The van der Waals surface area contributed by atoms with Crippen molar-refractivity contribution in [1.29, 1.82) is 0 Å². The molecule has 1 aromatic carbocycles. The van der Waals surface area contributed by atoms with Crippen molar-refractivity contribution < 1.29 is 4.39 Å². The van der Waals surface area contributed by atoms with Crippen LogP contribution in [0.4, 0.5) is 4.39 Å². The summed E-state index contributed by atoms with van der Waals surface area (Å²) in [6.07, 6.45) is 0. The number of rotatable bonds is 5. The van der Waals surface area contributed by atoms with E-state index in [0.29, 0.717) is 22.3 Å². The lowest BCUT2D eigenvalue weighted by Gasteiger charge is -1.96. The van der Waals surface area contributed by atoms with Gasteiger partial charge in [0, 0.05) is 22.1 Å². The van der Waals surface area contributed by atoms with Crippen molar-refractivity contribution in [1.82, 2.24) is 20.2 Å². The number of aromatic amines is 1. The van der Waals surface area contributed by atoms with E-state index in [1.807, 2.05) is 10.8 Å². The van der Waals surface area contributed by atoms with Gasteiger partial charge in [0.15, 0.2) is 5.82 Å². The van der Waals surface area contributed by atoms with Crippen LogP contribution in [0.25, 0.3) is 22.0 Å². The lowest BCUT2D eigenvalue weighted by molar-refractivity contribution is 0.630. The molecule has 0 aliphatic rings. The molecule has 0 unspecified atom stereocenters. The van der Waals surface area contributed by atoms with E-state index in [-0.39, 0.29) is 5.82 Å². The average molecular weight is 374 g/mol. The molecule has 3 heterocycles. The van der Waals surface area contributed by atoms with Crippen LogP contribution in [-0.2, 0) is 5.75 Å². The van der Waals surface area contributed by atoms with Gasteiger partial charge in [0.05, 0.1) is 11.3 Å². The number of nitrogens with zero attached hydrogens (tertiary/aromatic N) is 3. The Hall–Kier alpha value is -2.03. The van der Waals surface area contributed by atoms with Crippen LogP contribution in [0.2, 0.25) is 0 Å². The molecule has 24 heavy (non-hydrogen) atoms. The Balaban J connectivity index is 1.45. The molecular formula is C16H11FN4S3. The van der Waals surface area contributed by atoms with Crippen molar-refractivity contribution in [3.8, 4) is 22.0 Å². The van der Waals surface area contributed by atoms with Crippen LogP contribution in [0.15, 0.2) is 51.6 Å². The highest BCUT2D eigenvalue weighted by atomic mass is 32.2. The number of H-pyrrole nitrogens is 1. The predicted molar refractivity (Wildman–Crippen MR) is 96.8 cm³/mol. The Morgan fingerprint density at radius 1 is 1.12 bits per heavy atom. The molecule has 0 amide bonds. The maximum Gasteiger partial charge on any atom is 0.209 e. The summed E-state index contributed by atoms with van der Waals surface area (Å²) in [7, 11) is 0. The van der Waals surface area contributed by atoms with Crippen LogP contribution in [-0.4, -0.2) is 20.2 Å². The molecule has 0 aliphatic heterocycles. The third kappa shape index (κ3) is 3.26. The third-order valence-electron chi connectivity index (χ3n) is 3.26. The largest absolute Gasteiger partial charge is 0.258 e. The normalized spacial score (nSPS) is 11.0. The molecule has 0 aliphatic carbocycles. The zero-order valence-electron chi connectivity index (χ0n) is 12.3. The van der Waals surface area contributed by atoms with E-state index in [4.69, 9.17) is 0 Å². The van der Waals surface area contributed by atoms with Gasteiger partial charge in [-0.2, -0.15) is 11.3 Å². The molecule has 1 N–H and O–H groups in total. The fourth-order valence-electron chi connectivity index (χ4n) is 2.12. The molecule has 0 bridgehead atoms. The number of thioether (sulfide) groups is 1. The number of benzene rings is 1. The summed E-state index contributed by atoms with van der Waals surface area (Å²) >= 11 is 4.77. The fourth-order valence-corrected chi connectivity index (χ4v) is 4.44. The van der Waals surface area contributed by atoms with Crippen LogP contribution in [0.1, 0.15) is 5.69 Å². The molecule has 8 heteroatoms. The maximum atomic E-state index is 13.8. The number of aromatic nitrogens is 4. The van der Waals surface area contributed by atoms with E-state index in [1.54, 1.807) is 40.9 Å². The van der Waals surface area contributed by atoms with E-state index in [0.717, 1.165) is 16.3 Å². The summed E-state index contributed by atoms with van der Waals surface area (Å²) in [6, 6.07) is 8.58. The zero-order chi connectivity index (χ0) is 16.4. The van der Waals surface area contributed by atoms with Gasteiger partial charge in [-0.25, -0.2) is 14.4 Å². The molecule has 4 nitrogen and oxygen atoms in total. The molecule has 3 aromatic heterocycles. The summed E-state index contributed by atoms with van der Waals surface area (Å²) in [6.45, 7) is 0. The second-order valence-corrected chi connectivity index (χ2v) is 7.47. The molecule has 0 radical (unpaired) electrons. The van der Waals surface area contributed by atoms with Crippen molar-refractivity contribution in [2.75, 3.05) is 0 Å². The number of thiazole rings is 1. The number of hydrogen-bond acceptors (Lipinski definition) is 6. The average Bonchev–Trinajstić information content (AvgIpc) is 3.34. The van der Waals surface area contributed by atoms with Gasteiger partial charge in [0.1, 0.15) is 10.8 Å². The van der Waals surface area contributed by atoms with Crippen LogP contribution >= 0.6 is 34.4 Å². The zero-order valence-corrected chi connectivity index (χ0v) is 14.7. The first-order valence-electron chi connectivity index (χ1n) is 7.06.